The Kier molecular flexibility index (Phi) is 6.98. The van der Waals surface area contributed by atoms with E-state index in [1.807, 2.05) is 0 Å². The summed E-state index contributed by atoms with van der Waals surface area (Å²) in [5.74, 6) is -1.10. The topological polar surface area (TPSA) is 87.7 Å². The summed E-state index contributed by atoms with van der Waals surface area (Å²) < 4.78 is 4.82. The lowest BCUT2D eigenvalue weighted by molar-refractivity contribution is -0.139. The van der Waals surface area contributed by atoms with E-state index < -0.39 is 18.0 Å². The van der Waals surface area contributed by atoms with E-state index in [1.54, 1.807) is 31.2 Å². The molecule has 21 heavy (non-hydrogen) atoms. The second kappa shape index (κ2) is 8.49. The number of hydrogen-bond donors (Lipinski definition) is 3. The highest BCUT2D eigenvalue weighted by Crippen LogP contribution is 2.15. The molecule has 2 unspecified atom stereocenters. The zero-order valence-electron chi connectivity index (χ0n) is 11.9. The van der Waals surface area contributed by atoms with Crippen molar-refractivity contribution in [2.45, 2.75) is 25.4 Å². The molecule has 3 N–H and O–H groups in total. The number of hydrogen-bond acceptors (Lipinski definition) is 3. The van der Waals surface area contributed by atoms with E-state index >= 15 is 0 Å². The maximum Gasteiger partial charge on any atom is 0.326 e. The molecule has 0 heterocycles. The van der Waals surface area contributed by atoms with E-state index in [0.29, 0.717) is 5.02 Å². The van der Waals surface area contributed by atoms with Gasteiger partial charge in [0.05, 0.1) is 6.04 Å². The van der Waals surface area contributed by atoms with Crippen LogP contribution in [0.2, 0.25) is 5.02 Å². The van der Waals surface area contributed by atoms with Gasteiger partial charge in [0.25, 0.3) is 0 Å². The lowest BCUT2D eigenvalue weighted by Gasteiger charge is -2.18. The van der Waals surface area contributed by atoms with Crippen LogP contribution in [-0.4, -0.2) is 36.9 Å². The number of rotatable bonds is 7. The summed E-state index contributed by atoms with van der Waals surface area (Å²) >= 11 is 5.80. The van der Waals surface area contributed by atoms with Gasteiger partial charge in [-0.25, -0.2) is 9.59 Å². The van der Waals surface area contributed by atoms with Crippen molar-refractivity contribution in [3.05, 3.63) is 34.9 Å². The first kappa shape index (κ1) is 17.3. The smallest absolute Gasteiger partial charge is 0.326 e. The highest BCUT2D eigenvalue weighted by Gasteiger charge is 2.20. The molecule has 0 saturated heterocycles. The Morgan fingerprint density at radius 3 is 2.43 bits per heavy atom. The monoisotopic (exact) mass is 314 g/mol. The fourth-order valence-electron chi connectivity index (χ4n) is 1.72. The minimum Gasteiger partial charge on any atom is -0.480 e. The van der Waals surface area contributed by atoms with Crippen molar-refractivity contribution in [2.75, 3.05) is 13.7 Å². The van der Waals surface area contributed by atoms with Crippen molar-refractivity contribution in [1.82, 2.24) is 10.6 Å². The summed E-state index contributed by atoms with van der Waals surface area (Å²) in [6, 6.07) is 5.26. The third-order valence-electron chi connectivity index (χ3n) is 2.93. The number of carbonyl (C=O) groups excluding carboxylic acids is 1. The van der Waals surface area contributed by atoms with Gasteiger partial charge >= 0.3 is 12.0 Å². The molecule has 0 aliphatic heterocycles. The van der Waals surface area contributed by atoms with Crippen LogP contribution in [0.5, 0.6) is 0 Å². The first-order valence-electron chi connectivity index (χ1n) is 6.48. The Morgan fingerprint density at radius 1 is 1.29 bits per heavy atom. The molecule has 0 radical (unpaired) electrons. The number of ether oxygens (including phenoxy) is 1. The molecule has 2 amide bonds. The van der Waals surface area contributed by atoms with E-state index in [4.69, 9.17) is 21.4 Å². The summed E-state index contributed by atoms with van der Waals surface area (Å²) in [5.41, 5.74) is 0.873. The van der Waals surface area contributed by atoms with Crippen molar-refractivity contribution in [3.8, 4) is 0 Å². The summed E-state index contributed by atoms with van der Waals surface area (Å²) in [7, 11) is 1.47. The number of benzene rings is 1. The van der Waals surface area contributed by atoms with Crippen molar-refractivity contribution in [3.63, 3.8) is 0 Å². The SMILES string of the molecule is COCCC(NC(=O)NC(C)c1ccc(Cl)cc1)C(=O)O. The second-order valence-corrected chi connectivity index (χ2v) is 5.00. The molecule has 1 aromatic rings. The molecule has 0 fully saturated rings. The van der Waals surface area contributed by atoms with Gasteiger partial charge < -0.3 is 20.5 Å². The highest BCUT2D eigenvalue weighted by atomic mass is 35.5. The highest BCUT2D eigenvalue weighted by molar-refractivity contribution is 6.30. The van der Waals surface area contributed by atoms with E-state index in [2.05, 4.69) is 10.6 Å². The molecule has 0 spiro atoms. The largest absolute Gasteiger partial charge is 0.480 e. The van der Waals surface area contributed by atoms with Crippen molar-refractivity contribution in [1.29, 1.82) is 0 Å². The van der Waals surface area contributed by atoms with Crippen LogP contribution < -0.4 is 10.6 Å². The second-order valence-electron chi connectivity index (χ2n) is 4.56. The van der Waals surface area contributed by atoms with Crippen LogP contribution in [0.15, 0.2) is 24.3 Å². The number of carboxylic acid groups (broad SMARTS) is 1. The molecule has 0 aliphatic rings. The third-order valence-corrected chi connectivity index (χ3v) is 3.18. The van der Waals surface area contributed by atoms with E-state index in [9.17, 15) is 9.59 Å². The number of methoxy groups -OCH3 is 1. The van der Waals surface area contributed by atoms with Crippen LogP contribution >= 0.6 is 11.6 Å². The Morgan fingerprint density at radius 2 is 1.90 bits per heavy atom. The number of aliphatic carboxylic acids is 1. The number of halogens is 1. The average Bonchev–Trinajstić information content (AvgIpc) is 2.43. The van der Waals surface area contributed by atoms with E-state index in [1.165, 1.54) is 7.11 Å². The van der Waals surface area contributed by atoms with Gasteiger partial charge in [-0.05, 0) is 24.6 Å². The van der Waals surface area contributed by atoms with Gasteiger partial charge in [-0.1, -0.05) is 23.7 Å². The van der Waals surface area contributed by atoms with E-state index in [0.717, 1.165) is 5.56 Å². The Bertz CT molecular complexity index is 478. The average molecular weight is 315 g/mol. The van der Waals surface area contributed by atoms with Gasteiger partial charge in [0.2, 0.25) is 0 Å². The van der Waals surface area contributed by atoms with Crippen LogP contribution in [0.1, 0.15) is 24.9 Å². The van der Waals surface area contributed by atoms with E-state index in [-0.39, 0.29) is 19.1 Å². The van der Waals surface area contributed by atoms with Crippen LogP contribution in [0.4, 0.5) is 4.79 Å². The standard InChI is InChI=1S/C14H19ClN2O4/c1-9(10-3-5-11(15)6-4-10)16-14(20)17-12(13(18)19)7-8-21-2/h3-6,9,12H,7-8H2,1-2H3,(H,18,19)(H2,16,17,20). The van der Waals surface area contributed by atoms with Gasteiger partial charge in [0.1, 0.15) is 6.04 Å². The summed E-state index contributed by atoms with van der Waals surface area (Å²) in [5, 5.41) is 14.7. The molecule has 1 aromatic carbocycles. The molecule has 0 saturated carbocycles. The van der Waals surface area contributed by atoms with Gasteiger partial charge in [-0.3, -0.25) is 0 Å². The normalized spacial score (nSPS) is 13.3. The van der Waals surface area contributed by atoms with Crippen LogP contribution in [0, 0.1) is 0 Å². The number of carboxylic acids is 1. The molecule has 0 aliphatic carbocycles. The Labute approximate surface area is 128 Å². The Hall–Kier alpha value is -1.79. The lowest BCUT2D eigenvalue weighted by Crippen LogP contribution is -2.47. The van der Waals surface area contributed by atoms with Gasteiger partial charge in [0.15, 0.2) is 0 Å². The molecule has 116 valence electrons. The quantitative estimate of drug-likeness (QED) is 0.720. The maximum atomic E-state index is 11.8. The van der Waals surface area contributed by atoms with Crippen LogP contribution in [0.3, 0.4) is 0 Å². The minimum atomic E-state index is -1.10. The predicted octanol–water partition coefficient (Wildman–Crippen LogP) is 2.19. The lowest BCUT2D eigenvalue weighted by atomic mass is 10.1. The zero-order chi connectivity index (χ0) is 15.8. The molecule has 0 aromatic heterocycles. The molecule has 6 nitrogen and oxygen atoms in total. The van der Waals surface area contributed by atoms with Gasteiger partial charge in [-0.2, -0.15) is 0 Å². The number of carbonyl (C=O) groups is 2. The number of urea groups is 1. The molecule has 7 heteroatoms. The van der Waals surface area contributed by atoms with Gasteiger partial charge in [-0.15, -0.1) is 0 Å². The van der Waals surface area contributed by atoms with Crippen LogP contribution in [0.25, 0.3) is 0 Å². The van der Waals surface area contributed by atoms with Crippen molar-refractivity contribution in [2.24, 2.45) is 0 Å². The Balaban J connectivity index is 2.54. The third kappa shape index (κ3) is 6.01. The van der Waals surface area contributed by atoms with Crippen molar-refractivity contribution >= 4 is 23.6 Å². The fourth-order valence-corrected chi connectivity index (χ4v) is 1.85. The summed E-state index contributed by atoms with van der Waals surface area (Å²) in [4.78, 5) is 22.8. The predicted molar refractivity (Wildman–Crippen MR) is 79.5 cm³/mol. The maximum absolute atomic E-state index is 11.8. The number of amides is 2. The number of nitrogens with one attached hydrogen (secondary N) is 2. The minimum absolute atomic E-state index is 0.203. The molecule has 1 rings (SSSR count). The summed E-state index contributed by atoms with van der Waals surface area (Å²) in [6.07, 6.45) is 0.203. The fraction of sp³-hybridized carbons (Fsp3) is 0.429. The molecular formula is C14H19ClN2O4. The first-order valence-corrected chi connectivity index (χ1v) is 6.86. The van der Waals surface area contributed by atoms with Crippen molar-refractivity contribution < 1.29 is 19.4 Å². The summed E-state index contributed by atoms with van der Waals surface area (Å²) in [6.45, 7) is 2.05. The first-order chi connectivity index (χ1) is 9.93. The van der Waals surface area contributed by atoms with Gasteiger partial charge in [0, 0.05) is 25.2 Å². The zero-order valence-corrected chi connectivity index (χ0v) is 12.7. The molecule has 2 atom stereocenters. The van der Waals surface area contributed by atoms with Crippen LogP contribution in [-0.2, 0) is 9.53 Å². The molecule has 0 bridgehead atoms. The molecular weight excluding hydrogens is 296 g/mol.